The molecule has 3 nitrogen and oxygen atoms in total. The summed E-state index contributed by atoms with van der Waals surface area (Å²) in [5.41, 5.74) is 2.88. The second kappa shape index (κ2) is 3.81. The van der Waals surface area contributed by atoms with Gasteiger partial charge in [0.05, 0.1) is 16.8 Å². The van der Waals surface area contributed by atoms with Gasteiger partial charge in [0.25, 0.3) is 0 Å². The summed E-state index contributed by atoms with van der Waals surface area (Å²) in [6, 6.07) is 1.91. The van der Waals surface area contributed by atoms with Gasteiger partial charge in [-0.05, 0) is 25.5 Å². The van der Waals surface area contributed by atoms with E-state index in [-0.39, 0.29) is 11.3 Å². The first-order valence-electron chi connectivity index (χ1n) is 4.96. The number of carbonyl (C=O) groups excluding carboxylic acids is 1. The molecule has 1 aliphatic heterocycles. The molecule has 2 heterocycles. The highest BCUT2D eigenvalue weighted by Gasteiger charge is 2.30. The van der Waals surface area contributed by atoms with Crippen LogP contribution in [0.5, 0.6) is 0 Å². The largest absolute Gasteiger partial charge is 0.309 e. The van der Waals surface area contributed by atoms with Crippen molar-refractivity contribution in [2.24, 2.45) is 0 Å². The average molecular weight is 225 g/mol. The summed E-state index contributed by atoms with van der Waals surface area (Å²) in [5, 5.41) is -0.0727. The van der Waals surface area contributed by atoms with Crippen molar-refractivity contribution in [1.82, 2.24) is 4.98 Å². The van der Waals surface area contributed by atoms with Gasteiger partial charge in [-0.2, -0.15) is 0 Å². The van der Waals surface area contributed by atoms with Crippen LogP contribution in [0.4, 0.5) is 5.69 Å². The molecule has 2 rings (SSSR count). The lowest BCUT2D eigenvalue weighted by atomic mass is 10.2. The molecule has 1 aliphatic rings. The van der Waals surface area contributed by atoms with Gasteiger partial charge in [-0.1, -0.05) is 0 Å². The lowest BCUT2D eigenvalue weighted by molar-refractivity contribution is -0.117. The van der Waals surface area contributed by atoms with Crippen molar-refractivity contribution in [3.8, 4) is 0 Å². The number of anilines is 1. The minimum Gasteiger partial charge on any atom is -0.309 e. The molecule has 1 aromatic heterocycles. The summed E-state index contributed by atoms with van der Waals surface area (Å²) >= 11 is 5.97. The molecule has 80 valence electrons. The molecule has 1 atom stereocenters. The third-order valence-corrected chi connectivity index (χ3v) is 2.95. The van der Waals surface area contributed by atoms with Crippen LogP contribution in [0, 0.1) is 13.8 Å². The zero-order valence-electron chi connectivity index (χ0n) is 8.83. The first-order valence-corrected chi connectivity index (χ1v) is 5.40. The maximum absolute atomic E-state index is 11.7. The van der Waals surface area contributed by atoms with E-state index in [0.717, 1.165) is 16.9 Å². The number of aromatic nitrogens is 1. The van der Waals surface area contributed by atoms with E-state index in [1.165, 1.54) is 0 Å². The molecule has 0 N–H and O–H groups in total. The van der Waals surface area contributed by atoms with Crippen LogP contribution in [0.15, 0.2) is 12.3 Å². The summed E-state index contributed by atoms with van der Waals surface area (Å²) in [6.45, 7) is 4.49. The second-order valence-electron chi connectivity index (χ2n) is 3.87. The lowest BCUT2D eigenvalue weighted by Crippen LogP contribution is -2.26. The number of alkyl halides is 1. The molecular formula is C11H13ClN2O. The molecule has 0 saturated carbocycles. The van der Waals surface area contributed by atoms with E-state index in [1.807, 2.05) is 19.9 Å². The normalized spacial score (nSPS) is 21.1. The van der Waals surface area contributed by atoms with Gasteiger partial charge in [0.1, 0.15) is 0 Å². The van der Waals surface area contributed by atoms with Crippen molar-refractivity contribution in [3.05, 3.63) is 23.5 Å². The number of hydrogen-bond acceptors (Lipinski definition) is 2. The van der Waals surface area contributed by atoms with Crippen molar-refractivity contribution < 1.29 is 4.79 Å². The van der Waals surface area contributed by atoms with E-state index in [4.69, 9.17) is 11.6 Å². The Morgan fingerprint density at radius 1 is 1.53 bits per heavy atom. The van der Waals surface area contributed by atoms with Gasteiger partial charge in [0.15, 0.2) is 0 Å². The number of carbonyl (C=O) groups is 1. The first kappa shape index (κ1) is 10.4. The second-order valence-corrected chi connectivity index (χ2v) is 4.48. The van der Waals surface area contributed by atoms with Crippen LogP contribution in [0.25, 0.3) is 0 Å². The zero-order chi connectivity index (χ0) is 11.0. The highest BCUT2D eigenvalue weighted by atomic mass is 35.5. The van der Waals surface area contributed by atoms with Crippen LogP contribution in [0.3, 0.4) is 0 Å². The highest BCUT2D eigenvalue weighted by molar-refractivity contribution is 6.24. The molecule has 0 aliphatic carbocycles. The number of hydrogen-bond donors (Lipinski definition) is 0. The van der Waals surface area contributed by atoms with Gasteiger partial charge in [-0.3, -0.25) is 9.78 Å². The molecule has 0 bridgehead atoms. The highest BCUT2D eigenvalue weighted by Crippen LogP contribution is 2.28. The van der Waals surface area contributed by atoms with Crippen molar-refractivity contribution >= 4 is 23.2 Å². The monoisotopic (exact) mass is 224 g/mol. The van der Waals surface area contributed by atoms with Crippen molar-refractivity contribution in [1.29, 1.82) is 0 Å². The Bertz CT molecular complexity index is 385. The van der Waals surface area contributed by atoms with Gasteiger partial charge < -0.3 is 4.90 Å². The molecule has 0 spiro atoms. The smallest absolute Gasteiger partial charge is 0.228 e. The Morgan fingerprint density at radius 3 is 2.80 bits per heavy atom. The number of aryl methyl sites for hydroxylation is 2. The van der Waals surface area contributed by atoms with Gasteiger partial charge in [0.2, 0.25) is 5.91 Å². The van der Waals surface area contributed by atoms with Gasteiger partial charge in [0, 0.05) is 19.2 Å². The molecule has 1 unspecified atom stereocenters. The maximum atomic E-state index is 11.7. The fourth-order valence-electron chi connectivity index (χ4n) is 1.97. The molecule has 4 heteroatoms. The molecule has 1 saturated heterocycles. The first-order chi connectivity index (χ1) is 7.09. The van der Waals surface area contributed by atoms with E-state index in [0.29, 0.717) is 13.0 Å². The quantitative estimate of drug-likeness (QED) is 0.684. The molecule has 1 fully saturated rings. The van der Waals surface area contributed by atoms with E-state index in [2.05, 4.69) is 4.98 Å². The number of rotatable bonds is 1. The van der Waals surface area contributed by atoms with Crippen LogP contribution in [-0.4, -0.2) is 22.8 Å². The van der Waals surface area contributed by atoms with Gasteiger partial charge in [-0.25, -0.2) is 0 Å². The van der Waals surface area contributed by atoms with Crippen LogP contribution in [0.2, 0.25) is 0 Å². The summed E-state index contributed by atoms with van der Waals surface area (Å²) < 4.78 is 0. The Balaban J connectivity index is 2.41. The summed E-state index contributed by atoms with van der Waals surface area (Å²) in [5.74, 6) is 0.0919. The fraction of sp³-hybridized carbons (Fsp3) is 0.455. The number of pyridine rings is 1. The Kier molecular flexibility index (Phi) is 2.65. The molecule has 15 heavy (non-hydrogen) atoms. The van der Waals surface area contributed by atoms with E-state index >= 15 is 0 Å². The summed E-state index contributed by atoms with van der Waals surface area (Å²) in [6.07, 6.45) is 2.18. The minimum atomic E-state index is -0.0727. The van der Waals surface area contributed by atoms with Crippen molar-refractivity contribution in [2.75, 3.05) is 11.4 Å². The number of halogens is 1. The van der Waals surface area contributed by atoms with Crippen LogP contribution in [-0.2, 0) is 4.79 Å². The third-order valence-electron chi connectivity index (χ3n) is 2.66. The minimum absolute atomic E-state index is 0.0727. The van der Waals surface area contributed by atoms with E-state index in [1.54, 1.807) is 11.1 Å². The molecule has 1 aromatic rings. The third kappa shape index (κ3) is 1.84. The standard InChI is InChI=1S/C11H13ClN2O/c1-7-3-4-13-8(2)11(7)14-6-9(12)5-10(14)15/h3-4,9H,5-6H2,1-2H3. The Labute approximate surface area is 94.1 Å². The Morgan fingerprint density at radius 2 is 2.27 bits per heavy atom. The van der Waals surface area contributed by atoms with Crippen LogP contribution >= 0.6 is 11.6 Å². The summed E-state index contributed by atoms with van der Waals surface area (Å²) in [7, 11) is 0. The predicted octanol–water partition coefficient (Wildman–Crippen LogP) is 2.04. The van der Waals surface area contributed by atoms with Crippen LogP contribution in [0.1, 0.15) is 17.7 Å². The van der Waals surface area contributed by atoms with Crippen LogP contribution < -0.4 is 4.90 Å². The van der Waals surface area contributed by atoms with E-state index < -0.39 is 0 Å². The zero-order valence-corrected chi connectivity index (χ0v) is 9.58. The average Bonchev–Trinajstić information content (AvgIpc) is 2.45. The number of nitrogens with zero attached hydrogens (tertiary/aromatic N) is 2. The molecule has 0 radical (unpaired) electrons. The fourth-order valence-corrected chi connectivity index (χ4v) is 2.24. The van der Waals surface area contributed by atoms with Gasteiger partial charge >= 0.3 is 0 Å². The SMILES string of the molecule is Cc1ccnc(C)c1N1CC(Cl)CC1=O. The number of amides is 1. The summed E-state index contributed by atoms with van der Waals surface area (Å²) in [4.78, 5) is 17.7. The maximum Gasteiger partial charge on any atom is 0.228 e. The van der Waals surface area contributed by atoms with Crippen molar-refractivity contribution in [2.45, 2.75) is 25.6 Å². The van der Waals surface area contributed by atoms with Gasteiger partial charge in [-0.15, -0.1) is 11.6 Å². The Hall–Kier alpha value is -1.09. The van der Waals surface area contributed by atoms with Crippen molar-refractivity contribution in [3.63, 3.8) is 0 Å². The predicted molar refractivity (Wildman–Crippen MR) is 60.3 cm³/mol. The topological polar surface area (TPSA) is 33.2 Å². The molecular weight excluding hydrogens is 212 g/mol. The molecule has 0 aromatic carbocycles. The lowest BCUT2D eigenvalue weighted by Gasteiger charge is -2.19. The van der Waals surface area contributed by atoms with E-state index in [9.17, 15) is 4.79 Å². The molecule has 1 amide bonds.